The SMILES string of the molecule is CN(C(=O)C1(C#N)CC1)c1ccc2ncoc2c1. The Morgan fingerprint density at radius 3 is 3.00 bits per heavy atom. The molecule has 0 atom stereocenters. The molecule has 2 aromatic rings. The lowest BCUT2D eigenvalue weighted by Crippen LogP contribution is -2.33. The fourth-order valence-corrected chi connectivity index (χ4v) is 1.99. The van der Waals surface area contributed by atoms with Crippen LogP contribution in [0.2, 0.25) is 0 Å². The highest BCUT2D eigenvalue weighted by Crippen LogP contribution is 2.46. The number of aromatic nitrogens is 1. The van der Waals surface area contributed by atoms with Crippen LogP contribution in [0.5, 0.6) is 0 Å². The summed E-state index contributed by atoms with van der Waals surface area (Å²) in [5.41, 5.74) is 1.30. The fraction of sp³-hybridized carbons (Fsp3) is 0.308. The maximum absolute atomic E-state index is 12.2. The molecule has 0 bridgehead atoms. The standard InChI is InChI=1S/C13H11N3O2/c1-16(12(17)13(7-14)4-5-13)9-2-3-10-11(6-9)18-8-15-10/h2-3,6,8H,4-5H2,1H3. The Hall–Kier alpha value is -2.35. The van der Waals surface area contributed by atoms with Crippen molar-refractivity contribution < 1.29 is 9.21 Å². The molecule has 0 aliphatic heterocycles. The number of benzene rings is 1. The minimum absolute atomic E-state index is 0.149. The predicted molar refractivity (Wildman–Crippen MR) is 64.7 cm³/mol. The van der Waals surface area contributed by atoms with Crippen LogP contribution in [0.4, 0.5) is 5.69 Å². The molecule has 1 aromatic carbocycles. The number of anilines is 1. The minimum Gasteiger partial charge on any atom is -0.443 e. The highest BCUT2D eigenvalue weighted by molar-refractivity contribution is 6.01. The fourth-order valence-electron chi connectivity index (χ4n) is 1.99. The Balaban J connectivity index is 1.94. The van der Waals surface area contributed by atoms with E-state index in [0.717, 1.165) is 5.52 Å². The van der Waals surface area contributed by atoms with E-state index in [1.165, 1.54) is 11.3 Å². The van der Waals surface area contributed by atoms with Gasteiger partial charge in [-0.1, -0.05) is 0 Å². The summed E-state index contributed by atoms with van der Waals surface area (Å²) in [6, 6.07) is 7.46. The zero-order valence-corrected chi connectivity index (χ0v) is 9.88. The maximum Gasteiger partial charge on any atom is 0.247 e. The Kier molecular flexibility index (Phi) is 2.14. The molecule has 5 heteroatoms. The molecule has 1 aliphatic carbocycles. The van der Waals surface area contributed by atoms with Gasteiger partial charge in [0.2, 0.25) is 5.91 Å². The third kappa shape index (κ3) is 1.46. The lowest BCUT2D eigenvalue weighted by molar-refractivity contribution is -0.121. The van der Waals surface area contributed by atoms with Crippen molar-refractivity contribution in [1.82, 2.24) is 4.98 Å². The van der Waals surface area contributed by atoms with Crippen LogP contribution >= 0.6 is 0 Å². The van der Waals surface area contributed by atoms with Crippen LogP contribution in [0.25, 0.3) is 11.1 Å². The number of nitriles is 1. The second kappa shape index (κ2) is 3.57. The zero-order valence-electron chi connectivity index (χ0n) is 9.88. The summed E-state index contributed by atoms with van der Waals surface area (Å²) >= 11 is 0. The molecule has 5 nitrogen and oxygen atoms in total. The molecule has 90 valence electrons. The van der Waals surface area contributed by atoms with Crippen molar-refractivity contribution in [2.45, 2.75) is 12.8 Å². The summed E-state index contributed by atoms with van der Waals surface area (Å²) < 4.78 is 5.20. The van der Waals surface area contributed by atoms with E-state index in [4.69, 9.17) is 9.68 Å². The summed E-state index contributed by atoms with van der Waals surface area (Å²) in [4.78, 5) is 17.7. The van der Waals surface area contributed by atoms with Crippen LogP contribution in [0.1, 0.15) is 12.8 Å². The van der Waals surface area contributed by atoms with E-state index >= 15 is 0 Å². The largest absolute Gasteiger partial charge is 0.443 e. The Morgan fingerprint density at radius 1 is 1.56 bits per heavy atom. The highest BCUT2D eigenvalue weighted by Gasteiger charge is 2.52. The maximum atomic E-state index is 12.2. The zero-order chi connectivity index (χ0) is 12.8. The first-order valence-electron chi connectivity index (χ1n) is 5.69. The molecule has 0 spiro atoms. The van der Waals surface area contributed by atoms with E-state index in [1.807, 2.05) is 0 Å². The molecule has 0 saturated heterocycles. The monoisotopic (exact) mass is 241 g/mol. The predicted octanol–water partition coefficient (Wildman–Crippen LogP) is 2.09. The van der Waals surface area contributed by atoms with Gasteiger partial charge < -0.3 is 9.32 Å². The van der Waals surface area contributed by atoms with E-state index in [0.29, 0.717) is 24.1 Å². The van der Waals surface area contributed by atoms with Crippen LogP contribution in [0.15, 0.2) is 29.0 Å². The second-order valence-electron chi connectivity index (χ2n) is 4.56. The molecular formula is C13H11N3O2. The summed E-state index contributed by atoms with van der Waals surface area (Å²) in [5.74, 6) is -0.149. The Bertz CT molecular complexity index is 664. The van der Waals surface area contributed by atoms with Crippen molar-refractivity contribution in [2.24, 2.45) is 5.41 Å². The quantitative estimate of drug-likeness (QED) is 0.807. The van der Waals surface area contributed by atoms with Crippen LogP contribution < -0.4 is 4.90 Å². The van der Waals surface area contributed by atoms with E-state index in [-0.39, 0.29) is 5.91 Å². The Labute approximate surface area is 104 Å². The molecule has 1 saturated carbocycles. The summed E-state index contributed by atoms with van der Waals surface area (Å²) in [6.07, 6.45) is 2.67. The summed E-state index contributed by atoms with van der Waals surface area (Å²) in [6.45, 7) is 0. The molecule has 1 heterocycles. The van der Waals surface area contributed by atoms with Gasteiger partial charge in [0, 0.05) is 18.8 Å². The number of oxazole rings is 1. The Morgan fingerprint density at radius 2 is 2.33 bits per heavy atom. The van der Waals surface area contributed by atoms with Crippen LogP contribution in [0.3, 0.4) is 0 Å². The number of amides is 1. The molecule has 0 unspecified atom stereocenters. The van der Waals surface area contributed by atoms with Gasteiger partial charge in [0.1, 0.15) is 10.9 Å². The number of nitrogens with zero attached hydrogens (tertiary/aromatic N) is 3. The van der Waals surface area contributed by atoms with Gasteiger partial charge in [-0.05, 0) is 25.0 Å². The smallest absolute Gasteiger partial charge is 0.247 e. The van der Waals surface area contributed by atoms with E-state index in [1.54, 1.807) is 25.2 Å². The molecule has 1 aliphatic rings. The van der Waals surface area contributed by atoms with Gasteiger partial charge in [0.15, 0.2) is 12.0 Å². The number of hydrogen-bond acceptors (Lipinski definition) is 4. The van der Waals surface area contributed by atoms with Crippen molar-refractivity contribution in [2.75, 3.05) is 11.9 Å². The molecule has 0 radical (unpaired) electrons. The first-order valence-corrected chi connectivity index (χ1v) is 5.69. The molecular weight excluding hydrogens is 230 g/mol. The lowest BCUT2D eigenvalue weighted by atomic mass is 10.1. The van der Waals surface area contributed by atoms with Gasteiger partial charge >= 0.3 is 0 Å². The van der Waals surface area contributed by atoms with E-state index < -0.39 is 5.41 Å². The van der Waals surface area contributed by atoms with Crippen LogP contribution in [-0.4, -0.2) is 17.9 Å². The number of hydrogen-bond donors (Lipinski definition) is 0. The third-order valence-corrected chi connectivity index (χ3v) is 3.38. The normalized spacial score (nSPS) is 16.2. The highest BCUT2D eigenvalue weighted by atomic mass is 16.3. The third-order valence-electron chi connectivity index (χ3n) is 3.38. The van der Waals surface area contributed by atoms with Gasteiger partial charge in [-0.25, -0.2) is 4.98 Å². The second-order valence-corrected chi connectivity index (χ2v) is 4.56. The van der Waals surface area contributed by atoms with Crippen molar-refractivity contribution >= 4 is 22.7 Å². The van der Waals surface area contributed by atoms with Gasteiger partial charge in [-0.3, -0.25) is 4.79 Å². The number of carbonyl (C=O) groups excluding carboxylic acids is 1. The summed E-state index contributed by atoms with van der Waals surface area (Å²) in [7, 11) is 1.68. The number of fused-ring (bicyclic) bond motifs is 1. The molecule has 18 heavy (non-hydrogen) atoms. The van der Waals surface area contributed by atoms with Gasteiger partial charge in [0.05, 0.1) is 6.07 Å². The molecule has 1 aromatic heterocycles. The number of carbonyl (C=O) groups is 1. The van der Waals surface area contributed by atoms with Crippen molar-refractivity contribution in [3.63, 3.8) is 0 Å². The first kappa shape index (κ1) is 10.8. The van der Waals surface area contributed by atoms with E-state index in [2.05, 4.69) is 11.1 Å². The van der Waals surface area contributed by atoms with Crippen molar-refractivity contribution in [3.8, 4) is 6.07 Å². The average molecular weight is 241 g/mol. The van der Waals surface area contributed by atoms with Crippen LogP contribution in [-0.2, 0) is 4.79 Å². The molecule has 0 N–H and O–H groups in total. The van der Waals surface area contributed by atoms with Gasteiger partial charge in [-0.15, -0.1) is 0 Å². The molecule has 3 rings (SSSR count). The molecule has 1 amide bonds. The van der Waals surface area contributed by atoms with Crippen LogP contribution in [0, 0.1) is 16.7 Å². The van der Waals surface area contributed by atoms with E-state index in [9.17, 15) is 4.79 Å². The lowest BCUT2D eigenvalue weighted by Gasteiger charge is -2.19. The van der Waals surface area contributed by atoms with Crippen molar-refractivity contribution in [3.05, 3.63) is 24.6 Å². The van der Waals surface area contributed by atoms with Gasteiger partial charge in [-0.2, -0.15) is 5.26 Å². The number of rotatable bonds is 2. The van der Waals surface area contributed by atoms with Crippen molar-refractivity contribution in [1.29, 1.82) is 5.26 Å². The average Bonchev–Trinajstić information content (AvgIpc) is 3.07. The van der Waals surface area contributed by atoms with Gasteiger partial charge in [0.25, 0.3) is 0 Å². The summed E-state index contributed by atoms with van der Waals surface area (Å²) in [5, 5.41) is 9.04. The molecule has 1 fully saturated rings. The minimum atomic E-state index is -0.800. The first-order chi connectivity index (χ1) is 8.66. The topological polar surface area (TPSA) is 70.1 Å².